The summed E-state index contributed by atoms with van der Waals surface area (Å²) in [5.74, 6) is 1.58. The van der Waals surface area contributed by atoms with Crippen molar-refractivity contribution in [3.05, 3.63) is 0 Å². The molecule has 1 saturated heterocycles. The molecule has 0 aromatic carbocycles. The third-order valence-corrected chi connectivity index (χ3v) is 3.93. The highest BCUT2D eigenvalue weighted by atomic mass is 16.4. The lowest BCUT2D eigenvalue weighted by Gasteiger charge is -2.28. The molecule has 2 aliphatic carbocycles. The van der Waals surface area contributed by atoms with Crippen LogP contribution in [0, 0.1) is 17.8 Å². The van der Waals surface area contributed by atoms with E-state index in [0.717, 1.165) is 19.1 Å². The summed E-state index contributed by atoms with van der Waals surface area (Å²) in [7, 11) is 0. The first kappa shape index (κ1) is 7.35. The van der Waals surface area contributed by atoms with Gasteiger partial charge in [-0.25, -0.2) is 4.79 Å². The highest BCUT2D eigenvalue weighted by Crippen LogP contribution is 2.62. The quantitative estimate of drug-likeness (QED) is 0.602. The van der Waals surface area contributed by atoms with Crippen LogP contribution in [0.15, 0.2) is 0 Å². The average Bonchev–Trinajstić information content (AvgIpc) is 2.72. The van der Waals surface area contributed by atoms with E-state index in [1.165, 1.54) is 4.90 Å². The van der Waals surface area contributed by atoms with Gasteiger partial charge in [0.05, 0.1) is 6.04 Å². The second-order valence-corrected chi connectivity index (χ2v) is 4.35. The summed E-state index contributed by atoms with van der Waals surface area (Å²) in [5, 5.41) is 8.94. The van der Waals surface area contributed by atoms with Gasteiger partial charge in [-0.05, 0) is 30.6 Å². The molecule has 0 radical (unpaired) electrons. The van der Waals surface area contributed by atoms with Crippen LogP contribution in [0.25, 0.3) is 0 Å². The molecule has 2 saturated carbocycles. The lowest BCUT2D eigenvalue weighted by Crippen LogP contribution is -2.46. The van der Waals surface area contributed by atoms with Crippen molar-refractivity contribution in [3.63, 3.8) is 0 Å². The second-order valence-electron chi connectivity index (χ2n) is 4.35. The van der Waals surface area contributed by atoms with Crippen molar-refractivity contribution in [1.82, 2.24) is 4.90 Å². The van der Waals surface area contributed by atoms with Gasteiger partial charge < -0.3 is 9.90 Å². The van der Waals surface area contributed by atoms with Crippen LogP contribution in [-0.2, 0) is 4.79 Å². The van der Waals surface area contributed by atoms with Crippen LogP contribution >= 0.6 is 0 Å². The first-order valence-corrected chi connectivity index (χ1v) is 4.70. The maximum absolute atomic E-state index is 10.9. The Morgan fingerprint density at radius 2 is 2.08 bits per heavy atom. The van der Waals surface area contributed by atoms with Gasteiger partial charge in [0.25, 0.3) is 0 Å². The Morgan fingerprint density at radius 3 is 2.69 bits per heavy atom. The predicted octanol–water partition coefficient (Wildman–Crippen LogP) is 0.572. The summed E-state index contributed by atoms with van der Waals surface area (Å²) in [6, 6.07) is -0.186. The number of aldehydes is 1. The van der Waals surface area contributed by atoms with E-state index in [9.17, 15) is 9.59 Å². The molecule has 1 heterocycles. The minimum atomic E-state index is -0.921. The maximum Gasteiger partial charge on any atom is 0.408 e. The highest BCUT2D eigenvalue weighted by Gasteiger charge is 2.65. The predicted molar refractivity (Wildman–Crippen MR) is 43.2 cm³/mol. The summed E-state index contributed by atoms with van der Waals surface area (Å²) in [6.07, 6.45) is 1.96. The summed E-state index contributed by atoms with van der Waals surface area (Å²) < 4.78 is 0. The molecule has 70 valence electrons. The summed E-state index contributed by atoms with van der Waals surface area (Å²) in [6.45, 7) is 0. The lowest BCUT2D eigenvalue weighted by molar-refractivity contribution is -0.113. The fourth-order valence-electron chi connectivity index (χ4n) is 3.37. The Kier molecular flexibility index (Phi) is 1.16. The van der Waals surface area contributed by atoms with Crippen LogP contribution in [0.4, 0.5) is 4.79 Å². The average molecular weight is 181 g/mol. The molecule has 1 aliphatic heterocycles. The van der Waals surface area contributed by atoms with Crippen LogP contribution in [0.3, 0.4) is 0 Å². The number of carbonyl (C=O) groups is 2. The van der Waals surface area contributed by atoms with Gasteiger partial charge in [0.1, 0.15) is 6.29 Å². The van der Waals surface area contributed by atoms with Crippen LogP contribution in [0.5, 0.6) is 0 Å². The van der Waals surface area contributed by atoms with Crippen molar-refractivity contribution in [2.24, 2.45) is 17.8 Å². The molecule has 3 aliphatic rings. The molecular weight excluding hydrogens is 170 g/mol. The van der Waals surface area contributed by atoms with Crippen LogP contribution in [-0.4, -0.2) is 34.5 Å². The van der Waals surface area contributed by atoms with E-state index < -0.39 is 6.09 Å². The van der Waals surface area contributed by atoms with Crippen molar-refractivity contribution in [2.45, 2.75) is 24.9 Å². The number of rotatable bonds is 1. The van der Waals surface area contributed by atoms with Crippen molar-refractivity contribution in [1.29, 1.82) is 0 Å². The zero-order valence-corrected chi connectivity index (χ0v) is 7.09. The van der Waals surface area contributed by atoms with Crippen molar-refractivity contribution in [2.75, 3.05) is 0 Å². The van der Waals surface area contributed by atoms with Crippen LogP contribution < -0.4 is 0 Å². The Hall–Kier alpha value is -1.06. The molecule has 5 unspecified atom stereocenters. The van der Waals surface area contributed by atoms with E-state index in [4.69, 9.17) is 5.11 Å². The maximum atomic E-state index is 10.9. The first-order chi connectivity index (χ1) is 6.24. The Bertz CT molecular complexity index is 291. The fourth-order valence-corrected chi connectivity index (χ4v) is 3.37. The highest BCUT2D eigenvalue weighted by molar-refractivity contribution is 5.74. The molecular formula is C9H11NO3. The topological polar surface area (TPSA) is 57.6 Å². The van der Waals surface area contributed by atoms with Crippen LogP contribution in [0.1, 0.15) is 12.8 Å². The number of fused-ring (bicyclic) bond motifs is 5. The Labute approximate surface area is 75.5 Å². The number of likely N-dealkylation sites (tertiary alicyclic amines) is 1. The SMILES string of the molecule is O=CC1C2CC(C3CC23)N1C(=O)O. The van der Waals surface area contributed by atoms with Crippen molar-refractivity contribution in [3.8, 4) is 0 Å². The molecule has 4 nitrogen and oxygen atoms in total. The van der Waals surface area contributed by atoms with Gasteiger partial charge >= 0.3 is 6.09 Å². The van der Waals surface area contributed by atoms with Gasteiger partial charge in [-0.3, -0.25) is 4.90 Å². The summed E-state index contributed by atoms with van der Waals surface area (Å²) in [5.41, 5.74) is 0. The molecule has 1 N–H and O–H groups in total. The van der Waals surface area contributed by atoms with Gasteiger partial charge in [0.2, 0.25) is 0 Å². The van der Waals surface area contributed by atoms with Gasteiger partial charge in [0, 0.05) is 6.04 Å². The smallest absolute Gasteiger partial charge is 0.408 e. The van der Waals surface area contributed by atoms with Crippen LogP contribution in [0.2, 0.25) is 0 Å². The molecule has 1 amide bonds. The monoisotopic (exact) mass is 181 g/mol. The molecule has 0 aromatic rings. The number of piperidine rings is 1. The standard InChI is InChI=1S/C9H11NO3/c11-3-8-6-2-7(5-1-4(5)6)10(8)9(12)13/h3-8H,1-2H2,(H,12,13). The molecule has 2 bridgehead atoms. The second kappa shape index (κ2) is 2.05. The van der Waals surface area contributed by atoms with E-state index in [1.54, 1.807) is 0 Å². The molecule has 0 aromatic heterocycles. The molecule has 4 heteroatoms. The van der Waals surface area contributed by atoms with E-state index >= 15 is 0 Å². The van der Waals surface area contributed by atoms with Gasteiger partial charge in [-0.2, -0.15) is 0 Å². The minimum absolute atomic E-state index is 0.155. The Morgan fingerprint density at radius 1 is 1.31 bits per heavy atom. The largest absolute Gasteiger partial charge is 0.465 e. The number of carboxylic acid groups (broad SMARTS) is 1. The van der Waals surface area contributed by atoms with Crippen molar-refractivity contribution >= 4 is 12.4 Å². The van der Waals surface area contributed by atoms with Gasteiger partial charge in [0.15, 0.2) is 0 Å². The van der Waals surface area contributed by atoms with Crippen molar-refractivity contribution < 1.29 is 14.7 Å². The van der Waals surface area contributed by atoms with Gasteiger partial charge in [-0.1, -0.05) is 0 Å². The lowest BCUT2D eigenvalue weighted by atomic mass is 9.98. The molecule has 0 spiro atoms. The van der Waals surface area contributed by atoms with E-state index in [-0.39, 0.29) is 12.1 Å². The number of amides is 1. The molecule has 5 atom stereocenters. The third kappa shape index (κ3) is 0.716. The zero-order valence-electron chi connectivity index (χ0n) is 7.09. The minimum Gasteiger partial charge on any atom is -0.465 e. The number of hydrogen-bond donors (Lipinski definition) is 1. The first-order valence-electron chi connectivity index (χ1n) is 4.70. The van der Waals surface area contributed by atoms with E-state index in [0.29, 0.717) is 17.8 Å². The van der Waals surface area contributed by atoms with E-state index in [1.807, 2.05) is 0 Å². The summed E-state index contributed by atoms with van der Waals surface area (Å²) in [4.78, 5) is 23.0. The number of carbonyl (C=O) groups excluding carboxylic acids is 1. The molecule has 13 heavy (non-hydrogen) atoms. The van der Waals surface area contributed by atoms with E-state index in [2.05, 4.69) is 0 Å². The fraction of sp³-hybridized carbons (Fsp3) is 0.778. The van der Waals surface area contributed by atoms with Gasteiger partial charge in [-0.15, -0.1) is 0 Å². The molecule has 3 rings (SSSR count). The Balaban J connectivity index is 1.94. The number of hydrogen-bond acceptors (Lipinski definition) is 2. The summed E-state index contributed by atoms with van der Waals surface area (Å²) >= 11 is 0. The zero-order chi connectivity index (χ0) is 9.16. The third-order valence-electron chi connectivity index (χ3n) is 3.93. The molecule has 3 fully saturated rings. The normalized spacial score (nSPS) is 50.5. The number of nitrogens with zero attached hydrogens (tertiary/aromatic N) is 1.